The fourth-order valence-corrected chi connectivity index (χ4v) is 2.24. The molecule has 0 bridgehead atoms. The van der Waals surface area contributed by atoms with E-state index in [1.165, 1.54) is 31.2 Å². The van der Waals surface area contributed by atoms with E-state index in [-0.39, 0.29) is 21.2 Å². The Labute approximate surface area is 116 Å². The minimum atomic E-state index is -1.13. The molecule has 19 heavy (non-hydrogen) atoms. The molecular formula is C14H9BrF2O2. The highest BCUT2D eigenvalue weighted by atomic mass is 79.9. The zero-order valence-electron chi connectivity index (χ0n) is 9.88. The minimum absolute atomic E-state index is 0.0243. The van der Waals surface area contributed by atoms with Gasteiger partial charge in [0.05, 0.1) is 15.6 Å². The molecule has 0 aliphatic heterocycles. The first kappa shape index (κ1) is 13.7. The van der Waals surface area contributed by atoms with E-state index in [0.717, 1.165) is 6.07 Å². The van der Waals surface area contributed by atoms with Crippen molar-refractivity contribution in [3.05, 3.63) is 57.6 Å². The number of carbonyl (C=O) groups is 1. The third-order valence-electron chi connectivity index (χ3n) is 2.88. The van der Waals surface area contributed by atoms with Gasteiger partial charge in [0.25, 0.3) is 0 Å². The second-order valence-corrected chi connectivity index (χ2v) is 4.86. The van der Waals surface area contributed by atoms with Gasteiger partial charge in [0, 0.05) is 0 Å². The maximum atomic E-state index is 14.0. The topological polar surface area (TPSA) is 37.3 Å². The van der Waals surface area contributed by atoms with Crippen molar-refractivity contribution >= 4 is 21.9 Å². The number of benzene rings is 2. The Morgan fingerprint density at radius 1 is 1.21 bits per heavy atom. The highest BCUT2D eigenvalue weighted by Crippen LogP contribution is 2.33. The van der Waals surface area contributed by atoms with E-state index in [1.54, 1.807) is 0 Å². The van der Waals surface area contributed by atoms with Crippen LogP contribution in [0.3, 0.4) is 0 Å². The lowest BCUT2D eigenvalue weighted by Gasteiger charge is -2.11. The summed E-state index contributed by atoms with van der Waals surface area (Å²) in [4.78, 5) is 11.0. The van der Waals surface area contributed by atoms with E-state index >= 15 is 0 Å². The quantitative estimate of drug-likeness (QED) is 0.830. The standard InChI is InChI=1S/C14H9BrF2O2/c1-7-8(3-2-4-9(7)14(18)19)12-11(16)6-5-10(15)13(12)17/h2-6H,1H3,(H,18,19). The van der Waals surface area contributed by atoms with E-state index in [1.807, 2.05) is 0 Å². The Hall–Kier alpha value is -1.75. The summed E-state index contributed by atoms with van der Waals surface area (Å²) in [6.07, 6.45) is 0. The van der Waals surface area contributed by atoms with Crippen molar-refractivity contribution in [2.24, 2.45) is 0 Å². The van der Waals surface area contributed by atoms with Crippen molar-refractivity contribution in [3.8, 4) is 11.1 Å². The molecule has 0 spiro atoms. The van der Waals surface area contributed by atoms with Crippen molar-refractivity contribution in [3.63, 3.8) is 0 Å². The van der Waals surface area contributed by atoms with Gasteiger partial charge in [-0.05, 0) is 52.2 Å². The van der Waals surface area contributed by atoms with Gasteiger partial charge in [-0.15, -0.1) is 0 Å². The lowest BCUT2D eigenvalue weighted by Crippen LogP contribution is -2.02. The number of halogens is 3. The van der Waals surface area contributed by atoms with Crippen LogP contribution in [-0.2, 0) is 0 Å². The first-order valence-electron chi connectivity index (χ1n) is 5.40. The van der Waals surface area contributed by atoms with Crippen molar-refractivity contribution in [2.75, 3.05) is 0 Å². The van der Waals surface area contributed by atoms with Crippen molar-refractivity contribution < 1.29 is 18.7 Å². The average molecular weight is 327 g/mol. The molecule has 1 N–H and O–H groups in total. The molecule has 2 nitrogen and oxygen atoms in total. The third kappa shape index (κ3) is 2.38. The summed E-state index contributed by atoms with van der Waals surface area (Å²) in [5, 5.41) is 9.03. The third-order valence-corrected chi connectivity index (χ3v) is 3.49. The molecular weight excluding hydrogens is 318 g/mol. The monoisotopic (exact) mass is 326 g/mol. The Bertz CT molecular complexity index is 669. The largest absolute Gasteiger partial charge is 0.478 e. The molecule has 0 radical (unpaired) electrons. The number of aromatic carboxylic acids is 1. The lowest BCUT2D eigenvalue weighted by atomic mass is 9.96. The van der Waals surface area contributed by atoms with Crippen LogP contribution in [0.15, 0.2) is 34.8 Å². The van der Waals surface area contributed by atoms with E-state index in [4.69, 9.17) is 5.11 Å². The molecule has 0 saturated heterocycles. The predicted octanol–water partition coefficient (Wildman–Crippen LogP) is 4.40. The van der Waals surface area contributed by atoms with Crippen LogP contribution in [0.1, 0.15) is 15.9 Å². The summed E-state index contributed by atoms with van der Waals surface area (Å²) < 4.78 is 28.0. The van der Waals surface area contributed by atoms with Crippen LogP contribution in [0.4, 0.5) is 8.78 Å². The first-order chi connectivity index (χ1) is 8.93. The van der Waals surface area contributed by atoms with Gasteiger partial charge in [-0.25, -0.2) is 13.6 Å². The molecule has 5 heteroatoms. The number of hydrogen-bond donors (Lipinski definition) is 1. The molecule has 0 aliphatic carbocycles. The van der Waals surface area contributed by atoms with E-state index in [0.29, 0.717) is 5.56 Å². The Balaban J connectivity index is 2.77. The second-order valence-electron chi connectivity index (χ2n) is 4.00. The summed E-state index contributed by atoms with van der Waals surface area (Å²) in [6.45, 7) is 1.53. The number of carboxylic acids is 1. The molecule has 98 valence electrons. The summed E-state index contributed by atoms with van der Waals surface area (Å²) in [5.41, 5.74) is 0.355. The zero-order chi connectivity index (χ0) is 14.2. The average Bonchev–Trinajstić information content (AvgIpc) is 2.36. The Morgan fingerprint density at radius 3 is 2.53 bits per heavy atom. The van der Waals surface area contributed by atoms with Crippen LogP contribution in [0, 0.1) is 18.6 Å². The highest BCUT2D eigenvalue weighted by Gasteiger charge is 2.18. The summed E-state index contributed by atoms with van der Waals surface area (Å²) in [7, 11) is 0. The SMILES string of the molecule is Cc1c(C(=O)O)cccc1-c1c(F)ccc(Br)c1F. The predicted molar refractivity (Wildman–Crippen MR) is 71.2 cm³/mol. The zero-order valence-corrected chi connectivity index (χ0v) is 11.5. The highest BCUT2D eigenvalue weighted by molar-refractivity contribution is 9.10. The first-order valence-corrected chi connectivity index (χ1v) is 6.19. The maximum Gasteiger partial charge on any atom is 0.335 e. The number of rotatable bonds is 2. The van der Waals surface area contributed by atoms with Crippen LogP contribution >= 0.6 is 15.9 Å². The van der Waals surface area contributed by atoms with E-state index in [9.17, 15) is 13.6 Å². The summed E-state index contributed by atoms with van der Waals surface area (Å²) >= 11 is 2.99. The molecule has 0 unspecified atom stereocenters. The number of carboxylic acid groups (broad SMARTS) is 1. The van der Waals surface area contributed by atoms with Gasteiger partial charge >= 0.3 is 5.97 Å². The maximum absolute atomic E-state index is 14.0. The minimum Gasteiger partial charge on any atom is -0.478 e. The van der Waals surface area contributed by atoms with E-state index in [2.05, 4.69) is 15.9 Å². The summed E-state index contributed by atoms with van der Waals surface area (Å²) in [5.74, 6) is -2.60. The Kier molecular flexibility index (Phi) is 3.66. The van der Waals surface area contributed by atoms with Crippen molar-refractivity contribution in [1.29, 1.82) is 0 Å². The molecule has 0 aromatic heterocycles. The van der Waals surface area contributed by atoms with Crippen LogP contribution in [0.5, 0.6) is 0 Å². The van der Waals surface area contributed by atoms with Gasteiger partial charge < -0.3 is 5.11 Å². The van der Waals surface area contributed by atoms with Crippen LogP contribution in [-0.4, -0.2) is 11.1 Å². The van der Waals surface area contributed by atoms with Crippen LogP contribution in [0.25, 0.3) is 11.1 Å². The van der Waals surface area contributed by atoms with Crippen LogP contribution in [0.2, 0.25) is 0 Å². The Morgan fingerprint density at radius 2 is 1.89 bits per heavy atom. The van der Waals surface area contributed by atoms with Gasteiger partial charge in [-0.1, -0.05) is 12.1 Å². The fraction of sp³-hybridized carbons (Fsp3) is 0.0714. The fourth-order valence-electron chi connectivity index (χ4n) is 1.91. The molecule has 0 atom stereocenters. The van der Waals surface area contributed by atoms with Gasteiger partial charge in [0.15, 0.2) is 0 Å². The van der Waals surface area contributed by atoms with Gasteiger partial charge in [-0.2, -0.15) is 0 Å². The van der Waals surface area contributed by atoms with Gasteiger partial charge in [0.1, 0.15) is 11.6 Å². The van der Waals surface area contributed by atoms with Gasteiger partial charge in [-0.3, -0.25) is 0 Å². The number of hydrogen-bond acceptors (Lipinski definition) is 1. The van der Waals surface area contributed by atoms with Gasteiger partial charge in [0.2, 0.25) is 0 Å². The summed E-state index contributed by atoms with van der Waals surface area (Å²) in [6, 6.07) is 6.76. The second kappa shape index (κ2) is 5.09. The van der Waals surface area contributed by atoms with Crippen molar-refractivity contribution in [2.45, 2.75) is 6.92 Å². The van der Waals surface area contributed by atoms with Crippen LogP contribution < -0.4 is 0 Å². The smallest absolute Gasteiger partial charge is 0.335 e. The molecule has 2 aromatic carbocycles. The molecule has 2 aromatic rings. The molecule has 2 rings (SSSR count). The molecule has 0 amide bonds. The molecule has 0 fully saturated rings. The lowest BCUT2D eigenvalue weighted by molar-refractivity contribution is 0.0696. The molecule has 0 heterocycles. The normalized spacial score (nSPS) is 10.5. The molecule has 0 aliphatic rings. The van der Waals surface area contributed by atoms with E-state index < -0.39 is 17.6 Å². The van der Waals surface area contributed by atoms with Crippen molar-refractivity contribution in [1.82, 2.24) is 0 Å². The molecule has 0 saturated carbocycles.